The molecule has 0 aliphatic carbocycles. The highest BCUT2D eigenvalue weighted by atomic mass is 19.1. The van der Waals surface area contributed by atoms with Crippen molar-refractivity contribution < 1.29 is 28.9 Å². The van der Waals surface area contributed by atoms with Crippen molar-refractivity contribution in [3.63, 3.8) is 0 Å². The molecule has 0 spiro atoms. The van der Waals surface area contributed by atoms with E-state index in [1.165, 1.54) is 35.0 Å². The van der Waals surface area contributed by atoms with E-state index in [1.54, 1.807) is 13.0 Å². The number of carboxylic acid groups (broad SMARTS) is 1. The van der Waals surface area contributed by atoms with Gasteiger partial charge in [-0.2, -0.15) is 5.10 Å². The number of nitrogens with zero attached hydrogens (tertiary/aromatic N) is 2. The van der Waals surface area contributed by atoms with E-state index in [0.717, 1.165) is 11.1 Å². The van der Waals surface area contributed by atoms with Gasteiger partial charge in [-0.25, -0.2) is 9.07 Å². The lowest BCUT2D eigenvalue weighted by Crippen LogP contribution is -2.45. The summed E-state index contributed by atoms with van der Waals surface area (Å²) in [6, 6.07) is 11.7. The maximum absolute atomic E-state index is 13.5. The Kier molecular flexibility index (Phi) is 8.07. The lowest BCUT2D eigenvalue weighted by atomic mass is 9.78. The maximum atomic E-state index is 13.5. The summed E-state index contributed by atoms with van der Waals surface area (Å²) in [4.78, 5) is 24.8. The molecule has 0 radical (unpaired) electrons. The molecule has 0 fully saturated rings. The predicted octanol–water partition coefficient (Wildman–Crippen LogP) is 4.75. The highest BCUT2D eigenvalue weighted by Gasteiger charge is 2.36. The Balaban J connectivity index is 1.95. The van der Waals surface area contributed by atoms with Gasteiger partial charge in [-0.05, 0) is 61.6 Å². The van der Waals surface area contributed by atoms with Gasteiger partial charge in [-0.1, -0.05) is 44.5 Å². The molecule has 8 nitrogen and oxygen atoms in total. The molecule has 2 aromatic carbocycles. The fraction of sp³-hybridized carbons (Fsp3) is 0.393. The molecule has 1 heterocycles. The number of amides is 1. The summed E-state index contributed by atoms with van der Waals surface area (Å²) < 4.78 is 20.8. The van der Waals surface area contributed by atoms with Gasteiger partial charge in [-0.15, -0.1) is 0 Å². The van der Waals surface area contributed by atoms with Crippen LogP contribution in [0.5, 0.6) is 5.88 Å². The highest BCUT2D eigenvalue weighted by molar-refractivity contribution is 5.93. The van der Waals surface area contributed by atoms with E-state index in [0.29, 0.717) is 11.3 Å². The van der Waals surface area contributed by atoms with Crippen LogP contribution in [0.1, 0.15) is 67.3 Å². The molecule has 37 heavy (non-hydrogen) atoms. The number of hydrogen-bond donors (Lipinski definition) is 3. The Morgan fingerprint density at radius 2 is 1.73 bits per heavy atom. The summed E-state index contributed by atoms with van der Waals surface area (Å²) in [6.07, 6.45) is -0.313. The van der Waals surface area contributed by atoms with Gasteiger partial charge in [0.25, 0.3) is 5.91 Å². The lowest BCUT2D eigenvalue weighted by molar-refractivity contribution is -0.137. The Morgan fingerprint density at radius 1 is 1.08 bits per heavy atom. The first-order chi connectivity index (χ1) is 17.2. The number of aromatic nitrogens is 2. The van der Waals surface area contributed by atoms with Gasteiger partial charge >= 0.3 is 5.97 Å². The molecule has 2 atom stereocenters. The molecule has 3 aromatic rings. The molecule has 1 amide bonds. The third-order valence-corrected chi connectivity index (χ3v) is 6.58. The minimum atomic E-state index is -1.21. The van der Waals surface area contributed by atoms with Crippen LogP contribution in [-0.4, -0.2) is 44.1 Å². The van der Waals surface area contributed by atoms with Crippen molar-refractivity contribution in [1.29, 1.82) is 0 Å². The standard InChI is InChI=1S/C28H34FN3O5/c1-17-7-12-21(18(2)13-17)22(15-25(33)34)30-26(35)23-14-24(37-16-28(6,36)27(3,4)5)32(31-23)20-10-8-19(29)9-11-20/h7-14,22,36H,15-16H2,1-6H3,(H,30,35)(H,33,34)/t22-,28+/m0/s1. The van der Waals surface area contributed by atoms with Crippen LogP contribution in [0.3, 0.4) is 0 Å². The van der Waals surface area contributed by atoms with Crippen LogP contribution >= 0.6 is 0 Å². The second kappa shape index (κ2) is 10.7. The van der Waals surface area contributed by atoms with E-state index >= 15 is 0 Å². The summed E-state index contributed by atoms with van der Waals surface area (Å²) in [5.74, 6) is -1.92. The summed E-state index contributed by atoms with van der Waals surface area (Å²) in [6.45, 7) is 11.0. The van der Waals surface area contributed by atoms with Gasteiger partial charge in [0.1, 0.15) is 18.0 Å². The Labute approximate surface area is 216 Å². The number of carbonyl (C=O) groups is 2. The zero-order chi connectivity index (χ0) is 27.5. The normalized spacial score (nSPS) is 14.1. The quantitative estimate of drug-likeness (QED) is 0.382. The van der Waals surface area contributed by atoms with E-state index in [-0.39, 0.29) is 24.6 Å². The fourth-order valence-electron chi connectivity index (χ4n) is 3.64. The number of benzene rings is 2. The maximum Gasteiger partial charge on any atom is 0.305 e. The molecular weight excluding hydrogens is 477 g/mol. The molecule has 0 aliphatic rings. The van der Waals surface area contributed by atoms with Crippen LogP contribution in [0.4, 0.5) is 4.39 Å². The minimum absolute atomic E-state index is 0.0186. The van der Waals surface area contributed by atoms with Crippen molar-refractivity contribution in [1.82, 2.24) is 15.1 Å². The van der Waals surface area contributed by atoms with Gasteiger partial charge in [0.2, 0.25) is 5.88 Å². The summed E-state index contributed by atoms with van der Waals surface area (Å²) >= 11 is 0. The zero-order valence-corrected chi connectivity index (χ0v) is 22.0. The fourth-order valence-corrected chi connectivity index (χ4v) is 3.64. The van der Waals surface area contributed by atoms with Gasteiger partial charge in [-0.3, -0.25) is 9.59 Å². The number of aryl methyl sites for hydroxylation is 2. The molecule has 3 N–H and O–H groups in total. The second-order valence-electron chi connectivity index (χ2n) is 10.6. The second-order valence-corrected chi connectivity index (χ2v) is 10.6. The van der Waals surface area contributed by atoms with Crippen LogP contribution in [-0.2, 0) is 4.79 Å². The predicted molar refractivity (Wildman–Crippen MR) is 137 cm³/mol. The number of aliphatic carboxylic acids is 1. The van der Waals surface area contributed by atoms with Crippen LogP contribution in [0.2, 0.25) is 0 Å². The molecule has 0 aliphatic heterocycles. The molecular formula is C28H34FN3O5. The van der Waals surface area contributed by atoms with Crippen molar-refractivity contribution in [3.05, 3.63) is 76.7 Å². The van der Waals surface area contributed by atoms with E-state index < -0.39 is 34.8 Å². The first-order valence-electron chi connectivity index (χ1n) is 12.0. The van der Waals surface area contributed by atoms with E-state index in [4.69, 9.17) is 4.74 Å². The molecule has 0 saturated heterocycles. The van der Waals surface area contributed by atoms with Crippen molar-refractivity contribution >= 4 is 11.9 Å². The van der Waals surface area contributed by atoms with Crippen LogP contribution in [0.15, 0.2) is 48.5 Å². The van der Waals surface area contributed by atoms with Crippen LogP contribution < -0.4 is 10.1 Å². The lowest BCUT2D eigenvalue weighted by Gasteiger charge is -2.36. The summed E-state index contributed by atoms with van der Waals surface area (Å²) in [7, 11) is 0. The molecule has 3 rings (SSSR count). The first-order valence-corrected chi connectivity index (χ1v) is 12.0. The van der Waals surface area contributed by atoms with Crippen LogP contribution in [0, 0.1) is 25.1 Å². The van der Waals surface area contributed by atoms with Gasteiger partial charge < -0.3 is 20.3 Å². The number of halogens is 1. The van der Waals surface area contributed by atoms with Crippen molar-refractivity contribution in [2.24, 2.45) is 5.41 Å². The molecule has 0 bridgehead atoms. The topological polar surface area (TPSA) is 114 Å². The largest absolute Gasteiger partial charge is 0.481 e. The smallest absolute Gasteiger partial charge is 0.305 e. The molecule has 9 heteroatoms. The monoisotopic (exact) mass is 511 g/mol. The Hall–Kier alpha value is -3.72. The number of aliphatic hydroxyl groups is 1. The Morgan fingerprint density at radius 3 is 2.30 bits per heavy atom. The average Bonchev–Trinajstić information content (AvgIpc) is 3.21. The van der Waals surface area contributed by atoms with E-state index in [2.05, 4.69) is 10.4 Å². The first kappa shape index (κ1) is 27.9. The third kappa shape index (κ3) is 6.74. The zero-order valence-electron chi connectivity index (χ0n) is 22.0. The van der Waals surface area contributed by atoms with Crippen LogP contribution in [0.25, 0.3) is 5.69 Å². The van der Waals surface area contributed by atoms with Gasteiger partial charge in [0, 0.05) is 6.07 Å². The number of carboxylic acids is 1. The molecule has 1 aromatic heterocycles. The van der Waals surface area contributed by atoms with E-state index in [9.17, 15) is 24.2 Å². The highest BCUT2D eigenvalue weighted by Crippen LogP contribution is 2.31. The number of nitrogens with one attached hydrogen (secondary N) is 1. The van der Waals surface area contributed by atoms with Gasteiger partial charge in [0.05, 0.1) is 18.2 Å². The van der Waals surface area contributed by atoms with Crippen molar-refractivity contribution in [2.45, 2.75) is 59.6 Å². The Bertz CT molecular complexity index is 1280. The average molecular weight is 512 g/mol. The molecule has 198 valence electrons. The summed E-state index contributed by atoms with van der Waals surface area (Å²) in [5.41, 5.74) is 1.30. The van der Waals surface area contributed by atoms with E-state index in [1.807, 2.05) is 46.8 Å². The SMILES string of the molecule is Cc1ccc([C@H](CC(=O)O)NC(=O)c2cc(OC[C@@](C)(O)C(C)(C)C)n(-c3ccc(F)cc3)n2)c(C)c1. The third-order valence-electron chi connectivity index (χ3n) is 6.58. The van der Waals surface area contributed by atoms with Crippen molar-refractivity contribution in [2.75, 3.05) is 6.61 Å². The molecule has 0 saturated carbocycles. The minimum Gasteiger partial charge on any atom is -0.481 e. The number of ether oxygens (including phenoxy) is 1. The number of carbonyl (C=O) groups excluding carboxylic acids is 1. The van der Waals surface area contributed by atoms with Crippen molar-refractivity contribution in [3.8, 4) is 11.6 Å². The number of rotatable bonds is 9. The van der Waals surface area contributed by atoms with Gasteiger partial charge in [0.15, 0.2) is 5.69 Å². The summed E-state index contributed by atoms with van der Waals surface area (Å²) in [5, 5.41) is 27.5. The molecule has 0 unspecified atom stereocenters. The number of hydrogen-bond acceptors (Lipinski definition) is 5.